The lowest BCUT2D eigenvalue weighted by molar-refractivity contribution is -0.137. The van der Waals surface area contributed by atoms with E-state index in [4.69, 9.17) is 4.74 Å². The fraction of sp³-hybridized carbons (Fsp3) is 0.238. The van der Waals surface area contributed by atoms with E-state index in [0.717, 1.165) is 16.8 Å². The fourth-order valence-electron chi connectivity index (χ4n) is 2.90. The number of esters is 1. The van der Waals surface area contributed by atoms with Crippen molar-refractivity contribution in [3.8, 4) is 0 Å². The Labute approximate surface area is 168 Å². The molecule has 0 saturated heterocycles. The van der Waals surface area contributed by atoms with Crippen molar-refractivity contribution in [1.82, 2.24) is 9.78 Å². The number of halogens is 3. The van der Waals surface area contributed by atoms with Crippen molar-refractivity contribution in [2.45, 2.75) is 26.1 Å². The van der Waals surface area contributed by atoms with E-state index in [1.54, 1.807) is 18.2 Å². The minimum Gasteiger partial charge on any atom is -0.452 e. The number of carbonyl (C=O) groups excluding carboxylic acids is 2. The monoisotopic (exact) mass is 418 g/mol. The largest absolute Gasteiger partial charge is 0.452 e. The van der Waals surface area contributed by atoms with Crippen molar-refractivity contribution in [3.05, 3.63) is 75.7 Å². The highest BCUT2D eigenvalue weighted by Crippen LogP contribution is 2.29. The number of aromatic nitrogens is 2. The molecule has 0 unspecified atom stereocenters. The van der Waals surface area contributed by atoms with Gasteiger partial charge in [0, 0.05) is 17.5 Å². The maximum absolute atomic E-state index is 12.8. The average Bonchev–Trinajstić information content (AvgIpc) is 2.73. The molecule has 0 radical (unpaired) electrons. The molecule has 0 N–H and O–H groups in total. The van der Waals surface area contributed by atoms with Crippen molar-refractivity contribution in [2.24, 2.45) is 0 Å². The molecule has 9 heteroatoms. The molecule has 0 saturated carbocycles. The normalized spacial score (nSPS) is 11.5. The number of hydrogen-bond acceptors (Lipinski definition) is 5. The second-order valence-corrected chi connectivity index (χ2v) is 6.50. The van der Waals surface area contributed by atoms with Crippen LogP contribution >= 0.6 is 0 Å². The third kappa shape index (κ3) is 4.40. The van der Waals surface area contributed by atoms with Gasteiger partial charge in [0.2, 0.25) is 0 Å². The van der Waals surface area contributed by atoms with Gasteiger partial charge in [-0.15, -0.1) is 0 Å². The van der Waals surface area contributed by atoms with Gasteiger partial charge in [0.05, 0.1) is 10.9 Å². The highest BCUT2D eigenvalue weighted by Gasteiger charge is 2.31. The van der Waals surface area contributed by atoms with Crippen LogP contribution in [0.1, 0.15) is 39.8 Å². The van der Waals surface area contributed by atoms with Crippen molar-refractivity contribution in [2.75, 3.05) is 6.61 Å². The summed E-state index contributed by atoms with van der Waals surface area (Å²) in [6.07, 6.45) is -3.99. The number of carbonyl (C=O) groups is 2. The fourth-order valence-corrected chi connectivity index (χ4v) is 2.90. The van der Waals surface area contributed by atoms with Crippen LogP contribution in [0.5, 0.6) is 0 Å². The number of ketones is 1. The number of rotatable bonds is 6. The summed E-state index contributed by atoms with van der Waals surface area (Å²) in [4.78, 5) is 37.2. The first-order chi connectivity index (χ1) is 14.2. The zero-order valence-corrected chi connectivity index (χ0v) is 15.9. The van der Waals surface area contributed by atoms with Gasteiger partial charge < -0.3 is 4.74 Å². The van der Waals surface area contributed by atoms with E-state index in [0.29, 0.717) is 12.5 Å². The van der Waals surface area contributed by atoms with Gasteiger partial charge in [-0.25, -0.2) is 9.48 Å². The smallest absolute Gasteiger partial charge is 0.416 e. The minimum absolute atomic E-state index is 0.143. The average molecular weight is 418 g/mol. The van der Waals surface area contributed by atoms with Crippen molar-refractivity contribution in [3.63, 3.8) is 0 Å². The number of hydrogen-bond donors (Lipinski definition) is 0. The lowest BCUT2D eigenvalue weighted by atomic mass is 10.1. The Hall–Kier alpha value is -3.49. The van der Waals surface area contributed by atoms with E-state index in [2.05, 4.69) is 5.10 Å². The van der Waals surface area contributed by atoms with Gasteiger partial charge in [-0.1, -0.05) is 37.3 Å². The number of benzene rings is 2. The van der Waals surface area contributed by atoms with Gasteiger partial charge in [0.25, 0.3) is 5.56 Å². The number of alkyl halides is 3. The molecule has 0 bridgehead atoms. The summed E-state index contributed by atoms with van der Waals surface area (Å²) in [5, 5.41) is 4.60. The highest BCUT2D eigenvalue weighted by atomic mass is 19.4. The van der Waals surface area contributed by atoms with E-state index in [1.807, 2.05) is 6.92 Å². The molecule has 2 aromatic carbocycles. The van der Waals surface area contributed by atoms with E-state index in [-0.39, 0.29) is 34.1 Å². The maximum atomic E-state index is 12.8. The van der Waals surface area contributed by atoms with Crippen LogP contribution in [0.2, 0.25) is 0 Å². The van der Waals surface area contributed by atoms with Gasteiger partial charge >= 0.3 is 12.1 Å². The van der Waals surface area contributed by atoms with Gasteiger partial charge in [-0.3, -0.25) is 9.59 Å². The van der Waals surface area contributed by atoms with E-state index < -0.39 is 30.1 Å². The van der Waals surface area contributed by atoms with Gasteiger partial charge in [-0.2, -0.15) is 18.3 Å². The first-order valence-corrected chi connectivity index (χ1v) is 9.09. The van der Waals surface area contributed by atoms with Crippen molar-refractivity contribution >= 4 is 22.5 Å². The number of Topliss-reactive ketones (excluding diaryl/α,β-unsaturated/α-hetero) is 1. The molecule has 6 nitrogen and oxygen atoms in total. The lowest BCUT2D eigenvalue weighted by Crippen LogP contribution is -2.27. The lowest BCUT2D eigenvalue weighted by Gasteiger charge is -2.11. The third-order valence-electron chi connectivity index (χ3n) is 4.34. The summed E-state index contributed by atoms with van der Waals surface area (Å²) in [6, 6.07) is 10.2. The molecule has 0 aliphatic rings. The molecule has 0 fully saturated rings. The molecule has 156 valence electrons. The SMILES string of the molecule is CCCn1nc(C(=O)OCC(=O)c2cccc(C(F)(F)F)c2)c2ccccc2c1=O. The Morgan fingerprint density at radius 2 is 1.77 bits per heavy atom. The molecular formula is C21H17F3N2O4. The van der Waals surface area contributed by atoms with Crippen LogP contribution in [-0.4, -0.2) is 28.1 Å². The third-order valence-corrected chi connectivity index (χ3v) is 4.34. The predicted molar refractivity (Wildman–Crippen MR) is 102 cm³/mol. The molecule has 0 amide bonds. The van der Waals surface area contributed by atoms with Crippen molar-refractivity contribution in [1.29, 1.82) is 0 Å². The number of ether oxygens (including phenoxy) is 1. The van der Waals surface area contributed by atoms with Crippen molar-refractivity contribution < 1.29 is 27.5 Å². The van der Waals surface area contributed by atoms with Crippen LogP contribution in [0.15, 0.2) is 53.3 Å². The van der Waals surface area contributed by atoms with Gasteiger partial charge in [-0.05, 0) is 24.6 Å². The molecule has 1 heterocycles. The summed E-state index contributed by atoms with van der Waals surface area (Å²) in [6.45, 7) is 1.37. The first kappa shape index (κ1) is 21.2. The van der Waals surface area contributed by atoms with E-state index in [9.17, 15) is 27.6 Å². The van der Waals surface area contributed by atoms with E-state index in [1.165, 1.54) is 12.1 Å². The summed E-state index contributed by atoms with van der Waals surface area (Å²) in [7, 11) is 0. The van der Waals surface area contributed by atoms with Crippen LogP contribution in [-0.2, 0) is 17.5 Å². The molecule has 3 rings (SSSR count). The highest BCUT2D eigenvalue weighted by molar-refractivity contribution is 6.04. The molecule has 1 aromatic heterocycles. The summed E-state index contributed by atoms with van der Waals surface area (Å²) < 4.78 is 44.6. The molecule has 0 aliphatic heterocycles. The molecule has 3 aromatic rings. The first-order valence-electron chi connectivity index (χ1n) is 9.09. The minimum atomic E-state index is -4.59. The topological polar surface area (TPSA) is 78.3 Å². The quantitative estimate of drug-likeness (QED) is 0.449. The number of aryl methyl sites for hydroxylation is 1. The molecule has 0 aliphatic carbocycles. The number of fused-ring (bicyclic) bond motifs is 1. The van der Waals surface area contributed by atoms with Crippen LogP contribution in [0.3, 0.4) is 0 Å². The second kappa shape index (κ2) is 8.48. The standard InChI is InChI=1S/C21H17F3N2O4/c1-2-10-26-19(28)16-9-4-3-8-15(16)18(25-26)20(29)30-12-17(27)13-6-5-7-14(11-13)21(22,23)24/h3-9,11H,2,10,12H2,1H3. The molecule has 0 atom stereocenters. The molecule has 30 heavy (non-hydrogen) atoms. The van der Waals surface area contributed by atoms with Gasteiger partial charge in [0.1, 0.15) is 0 Å². The van der Waals surface area contributed by atoms with Crippen LogP contribution < -0.4 is 5.56 Å². The molecular weight excluding hydrogens is 401 g/mol. The Morgan fingerprint density at radius 3 is 2.43 bits per heavy atom. The summed E-state index contributed by atoms with van der Waals surface area (Å²) in [5.41, 5.74) is -1.70. The summed E-state index contributed by atoms with van der Waals surface area (Å²) >= 11 is 0. The maximum Gasteiger partial charge on any atom is 0.416 e. The second-order valence-electron chi connectivity index (χ2n) is 6.50. The Morgan fingerprint density at radius 1 is 1.07 bits per heavy atom. The Kier molecular flexibility index (Phi) is 6.00. The zero-order chi connectivity index (χ0) is 21.9. The van der Waals surface area contributed by atoms with Gasteiger partial charge in [0.15, 0.2) is 18.1 Å². The predicted octanol–water partition coefficient (Wildman–Crippen LogP) is 3.87. The molecule has 0 spiro atoms. The van der Waals surface area contributed by atoms with Crippen LogP contribution in [0.4, 0.5) is 13.2 Å². The van der Waals surface area contributed by atoms with Crippen LogP contribution in [0.25, 0.3) is 10.8 Å². The summed E-state index contributed by atoms with van der Waals surface area (Å²) in [5.74, 6) is -1.74. The van der Waals surface area contributed by atoms with Crippen LogP contribution in [0, 0.1) is 0 Å². The zero-order valence-electron chi connectivity index (χ0n) is 15.9. The Bertz CT molecular complexity index is 1170. The van der Waals surface area contributed by atoms with E-state index >= 15 is 0 Å². The number of nitrogens with zero attached hydrogens (tertiary/aromatic N) is 2. The Balaban J connectivity index is 1.85.